The average molecular weight is 360 g/mol. The Morgan fingerprint density at radius 1 is 1.14 bits per heavy atom. The first kappa shape index (κ1) is 10.7. The fraction of sp³-hybridized carbons (Fsp3) is 0. The molecule has 0 saturated carbocycles. The summed E-state index contributed by atoms with van der Waals surface area (Å²) in [5.41, 5.74) is 11.5. The molecule has 72 valence electrons. The number of anilines is 2. The van der Waals surface area contributed by atoms with Gasteiger partial charge in [0.05, 0.1) is 10.9 Å². The van der Waals surface area contributed by atoms with E-state index in [9.17, 15) is 5.11 Å². The maximum Gasteiger partial charge on any atom is 0.222 e. The van der Waals surface area contributed by atoms with E-state index in [4.69, 9.17) is 11.5 Å². The normalized spacial score (nSPS) is 9.71. The van der Waals surface area contributed by atoms with E-state index in [1.165, 1.54) is 6.07 Å². The van der Waals surface area contributed by atoms with Crippen LogP contribution in [-0.2, 0) is 21.1 Å². The summed E-state index contributed by atoms with van der Waals surface area (Å²) < 4.78 is 0. The Morgan fingerprint density at radius 3 is 2.57 bits per heavy atom. The quantitative estimate of drug-likeness (QED) is 0.636. The molecule has 0 atom stereocenters. The van der Waals surface area contributed by atoms with E-state index in [1.54, 1.807) is 12.1 Å². The largest absolute Gasteiger partial charge is 0.507 e. The summed E-state index contributed by atoms with van der Waals surface area (Å²) in [5, 5.41) is 9.88. The Balaban J connectivity index is 0.000000980. The molecular formula is C8H8N4OW. The third-order valence-corrected chi connectivity index (χ3v) is 1.75. The number of fused-ring (bicyclic) bond motifs is 1. The van der Waals surface area contributed by atoms with Crippen LogP contribution in [0, 0.1) is 0 Å². The first-order valence-corrected chi connectivity index (χ1v) is 3.69. The second-order valence-electron chi connectivity index (χ2n) is 2.64. The minimum atomic E-state index is 0. The molecule has 0 saturated heterocycles. The number of nitrogens with zero attached hydrogens (tertiary/aromatic N) is 2. The molecule has 0 spiro atoms. The van der Waals surface area contributed by atoms with E-state index < -0.39 is 0 Å². The molecule has 0 radical (unpaired) electrons. The SMILES string of the molecule is Nc1nc(N)c2c(O)cccc2n1.[W]. The van der Waals surface area contributed by atoms with Crippen LogP contribution in [0.4, 0.5) is 11.8 Å². The molecule has 0 bridgehead atoms. The molecule has 5 N–H and O–H groups in total. The van der Waals surface area contributed by atoms with Gasteiger partial charge in [-0.25, -0.2) is 4.98 Å². The van der Waals surface area contributed by atoms with E-state index in [1.807, 2.05) is 0 Å². The number of nitrogen functional groups attached to an aromatic ring is 2. The molecule has 2 rings (SSSR count). The van der Waals surface area contributed by atoms with Gasteiger partial charge < -0.3 is 16.6 Å². The molecule has 0 aliphatic heterocycles. The standard InChI is InChI=1S/C8H8N4O.W/c9-7-6-4(11-8(10)12-7)2-1-3-5(6)13;/h1-3,13H,(H4,9,10,11,12);. The fourth-order valence-electron chi connectivity index (χ4n) is 1.21. The van der Waals surface area contributed by atoms with Gasteiger partial charge in [-0.05, 0) is 12.1 Å². The Morgan fingerprint density at radius 2 is 1.86 bits per heavy atom. The van der Waals surface area contributed by atoms with Crippen LogP contribution in [0.2, 0.25) is 0 Å². The molecule has 0 aliphatic carbocycles. The van der Waals surface area contributed by atoms with Gasteiger partial charge in [0.15, 0.2) is 0 Å². The Labute approximate surface area is 94.4 Å². The van der Waals surface area contributed by atoms with Crippen molar-refractivity contribution >= 4 is 22.7 Å². The number of nitrogens with two attached hydrogens (primary N) is 2. The summed E-state index contributed by atoms with van der Waals surface area (Å²) in [5.74, 6) is 0.367. The molecule has 1 aromatic carbocycles. The minimum Gasteiger partial charge on any atom is -0.507 e. The van der Waals surface area contributed by atoms with Gasteiger partial charge in [0.1, 0.15) is 11.6 Å². The van der Waals surface area contributed by atoms with Crippen molar-refractivity contribution in [2.24, 2.45) is 0 Å². The molecule has 0 aliphatic rings. The van der Waals surface area contributed by atoms with Crippen molar-refractivity contribution in [3.8, 4) is 5.75 Å². The minimum absolute atomic E-state index is 0. The molecule has 1 aromatic heterocycles. The Kier molecular flexibility index (Phi) is 2.91. The van der Waals surface area contributed by atoms with Crippen molar-refractivity contribution in [1.29, 1.82) is 0 Å². The number of aromatic nitrogens is 2. The van der Waals surface area contributed by atoms with Crippen LogP contribution in [0.25, 0.3) is 10.9 Å². The van der Waals surface area contributed by atoms with Gasteiger partial charge in [0.2, 0.25) is 5.95 Å². The van der Waals surface area contributed by atoms with Crippen molar-refractivity contribution in [3.05, 3.63) is 18.2 Å². The maximum absolute atomic E-state index is 9.44. The zero-order valence-corrected chi connectivity index (χ0v) is 10.1. The smallest absolute Gasteiger partial charge is 0.222 e. The monoisotopic (exact) mass is 360 g/mol. The van der Waals surface area contributed by atoms with Crippen LogP contribution in [0.5, 0.6) is 5.75 Å². The zero-order chi connectivity index (χ0) is 9.42. The third kappa shape index (κ3) is 1.63. The van der Waals surface area contributed by atoms with Crippen LogP contribution in [0.3, 0.4) is 0 Å². The molecule has 1 heterocycles. The van der Waals surface area contributed by atoms with Crippen molar-refractivity contribution in [1.82, 2.24) is 9.97 Å². The van der Waals surface area contributed by atoms with E-state index in [-0.39, 0.29) is 38.6 Å². The molecule has 0 unspecified atom stereocenters. The molecule has 0 fully saturated rings. The van der Waals surface area contributed by atoms with Gasteiger partial charge in [-0.1, -0.05) is 6.07 Å². The van der Waals surface area contributed by atoms with E-state index in [2.05, 4.69) is 9.97 Å². The van der Waals surface area contributed by atoms with Crippen LogP contribution in [-0.4, -0.2) is 15.1 Å². The van der Waals surface area contributed by atoms with Gasteiger partial charge in [0.25, 0.3) is 0 Å². The van der Waals surface area contributed by atoms with Gasteiger partial charge in [-0.2, -0.15) is 4.98 Å². The summed E-state index contributed by atoms with van der Waals surface area (Å²) >= 11 is 0. The summed E-state index contributed by atoms with van der Waals surface area (Å²) in [4.78, 5) is 7.67. The van der Waals surface area contributed by atoms with Crippen LogP contribution < -0.4 is 11.5 Å². The van der Waals surface area contributed by atoms with Gasteiger partial charge in [-0.3, -0.25) is 0 Å². The summed E-state index contributed by atoms with van der Waals surface area (Å²) in [6.07, 6.45) is 0. The van der Waals surface area contributed by atoms with Crippen LogP contribution in [0.1, 0.15) is 0 Å². The predicted molar refractivity (Wildman–Crippen MR) is 50.0 cm³/mol. The number of rotatable bonds is 0. The topological polar surface area (TPSA) is 98.0 Å². The molecule has 14 heavy (non-hydrogen) atoms. The number of hydrogen-bond acceptors (Lipinski definition) is 5. The van der Waals surface area contributed by atoms with Crippen LogP contribution >= 0.6 is 0 Å². The zero-order valence-electron chi connectivity index (χ0n) is 7.14. The number of hydrogen-bond donors (Lipinski definition) is 3. The molecule has 0 amide bonds. The van der Waals surface area contributed by atoms with Crippen molar-refractivity contribution in [3.63, 3.8) is 0 Å². The average Bonchev–Trinajstić information content (AvgIpc) is 2.02. The van der Waals surface area contributed by atoms with Crippen molar-refractivity contribution in [2.45, 2.75) is 0 Å². The first-order valence-electron chi connectivity index (χ1n) is 3.69. The van der Waals surface area contributed by atoms with Gasteiger partial charge >= 0.3 is 0 Å². The summed E-state index contributed by atoms with van der Waals surface area (Å²) in [6.45, 7) is 0. The fourth-order valence-corrected chi connectivity index (χ4v) is 1.21. The number of phenols is 1. The maximum atomic E-state index is 9.44. The Bertz CT molecular complexity index is 474. The van der Waals surface area contributed by atoms with E-state index in [0.29, 0.717) is 10.9 Å². The second kappa shape index (κ2) is 3.80. The van der Waals surface area contributed by atoms with E-state index in [0.717, 1.165) is 0 Å². The van der Waals surface area contributed by atoms with Crippen LogP contribution in [0.15, 0.2) is 18.2 Å². The number of aromatic hydroxyl groups is 1. The molecule has 6 heteroatoms. The van der Waals surface area contributed by atoms with Crippen molar-refractivity contribution < 1.29 is 26.2 Å². The molecular weight excluding hydrogens is 352 g/mol. The van der Waals surface area contributed by atoms with Crippen molar-refractivity contribution in [2.75, 3.05) is 11.5 Å². The predicted octanol–water partition coefficient (Wildman–Crippen LogP) is 0.497. The summed E-state index contributed by atoms with van der Waals surface area (Å²) in [7, 11) is 0. The van der Waals surface area contributed by atoms with Gasteiger partial charge in [-0.15, -0.1) is 0 Å². The first-order chi connectivity index (χ1) is 6.18. The van der Waals surface area contributed by atoms with Gasteiger partial charge in [0, 0.05) is 21.1 Å². The summed E-state index contributed by atoms with van der Waals surface area (Å²) in [6, 6.07) is 4.91. The number of benzene rings is 1. The second-order valence-corrected chi connectivity index (χ2v) is 2.64. The third-order valence-electron chi connectivity index (χ3n) is 1.75. The van der Waals surface area contributed by atoms with E-state index >= 15 is 0 Å². The molecule has 5 nitrogen and oxygen atoms in total. The number of phenolic OH excluding ortho intramolecular Hbond substituents is 1. The molecule has 2 aromatic rings. The Hall–Kier alpha value is -1.35.